The summed E-state index contributed by atoms with van der Waals surface area (Å²) in [5.74, 6) is 3.28. The van der Waals surface area contributed by atoms with Crippen LogP contribution in [0.3, 0.4) is 0 Å². The molecule has 1 N–H and O–H groups in total. The molecule has 1 aliphatic rings. The van der Waals surface area contributed by atoms with Crippen LogP contribution in [-0.4, -0.2) is 63.6 Å². The van der Waals surface area contributed by atoms with Crippen LogP contribution in [0.4, 0.5) is 0 Å². The van der Waals surface area contributed by atoms with Crippen LogP contribution in [0.25, 0.3) is 0 Å². The number of amides is 1. The Bertz CT molecular complexity index is 1420. The Kier molecular flexibility index (Phi) is 12.2. The van der Waals surface area contributed by atoms with Crippen LogP contribution in [-0.2, 0) is 16.0 Å². The maximum Gasteiger partial charge on any atom is 0.246 e. The van der Waals surface area contributed by atoms with E-state index in [4.69, 9.17) is 28.4 Å². The van der Waals surface area contributed by atoms with E-state index in [1.807, 2.05) is 30.3 Å². The SMILES string of the molecule is COc1cc(C2COC(c3cc(OC)c(OC)c(OC)c3)C2)cc(CC=CN(O)C(C)=O)c1OCCSc1ccc(Br)cc1. The maximum atomic E-state index is 11.5. The molecule has 0 radical (unpaired) electrons. The molecular weight excluding hydrogens is 650 g/mol. The highest BCUT2D eigenvalue weighted by molar-refractivity contribution is 9.10. The summed E-state index contributed by atoms with van der Waals surface area (Å²) >= 11 is 5.17. The average Bonchev–Trinajstić information content (AvgIpc) is 3.53. The standard InChI is InChI=1S/C33H38BrNO8S/c1-21(36)35(37)12-6-7-22-15-23(16-29(38-2)32(22)42-13-14-44-27-10-8-26(34)9-11-27)25-19-28(43-20-25)24-17-30(39-3)33(41-5)31(18-24)40-4/h6,8-12,15-18,25,28,37H,7,13-14,19-20H2,1-5H3. The molecule has 2 atom stereocenters. The van der Waals surface area contributed by atoms with Gasteiger partial charge in [-0.2, -0.15) is 5.06 Å². The molecule has 1 aliphatic heterocycles. The van der Waals surface area contributed by atoms with Crippen molar-refractivity contribution in [2.75, 3.05) is 47.4 Å². The summed E-state index contributed by atoms with van der Waals surface area (Å²) in [7, 11) is 6.39. The van der Waals surface area contributed by atoms with Crippen LogP contribution in [0.1, 0.15) is 42.1 Å². The van der Waals surface area contributed by atoms with Crippen molar-refractivity contribution in [1.82, 2.24) is 5.06 Å². The van der Waals surface area contributed by atoms with Gasteiger partial charge >= 0.3 is 0 Å². The molecule has 44 heavy (non-hydrogen) atoms. The van der Waals surface area contributed by atoms with E-state index in [1.54, 1.807) is 46.3 Å². The molecule has 2 unspecified atom stereocenters. The minimum Gasteiger partial charge on any atom is -0.493 e. The number of halogens is 1. The molecular formula is C33H38BrNO8S. The fraction of sp³-hybridized carbons (Fsp3) is 0.364. The number of carbonyl (C=O) groups excluding carboxylic acids is 1. The van der Waals surface area contributed by atoms with Crippen molar-refractivity contribution in [3.63, 3.8) is 0 Å². The number of methoxy groups -OCH3 is 4. The van der Waals surface area contributed by atoms with Crippen LogP contribution in [0.5, 0.6) is 28.7 Å². The van der Waals surface area contributed by atoms with Gasteiger partial charge in [-0.25, -0.2) is 0 Å². The molecule has 1 saturated heterocycles. The van der Waals surface area contributed by atoms with Gasteiger partial charge in [-0.15, -0.1) is 11.8 Å². The Morgan fingerprint density at radius 1 is 0.977 bits per heavy atom. The third-order valence-electron chi connectivity index (χ3n) is 7.22. The van der Waals surface area contributed by atoms with Crippen LogP contribution in [0.2, 0.25) is 0 Å². The van der Waals surface area contributed by atoms with Crippen molar-refractivity contribution >= 4 is 33.6 Å². The number of nitrogens with zero attached hydrogens (tertiary/aromatic N) is 1. The number of ether oxygens (including phenoxy) is 6. The van der Waals surface area contributed by atoms with Crippen LogP contribution >= 0.6 is 27.7 Å². The molecule has 1 amide bonds. The second kappa shape index (κ2) is 16.1. The first-order valence-corrected chi connectivity index (χ1v) is 15.8. The average molecular weight is 689 g/mol. The van der Waals surface area contributed by atoms with Crippen molar-refractivity contribution in [2.45, 2.75) is 36.7 Å². The zero-order chi connectivity index (χ0) is 31.6. The van der Waals surface area contributed by atoms with E-state index < -0.39 is 5.91 Å². The predicted molar refractivity (Wildman–Crippen MR) is 173 cm³/mol. The van der Waals surface area contributed by atoms with E-state index in [2.05, 4.69) is 34.1 Å². The van der Waals surface area contributed by atoms with Crippen molar-refractivity contribution < 1.29 is 38.4 Å². The van der Waals surface area contributed by atoms with Gasteiger partial charge in [0, 0.05) is 39.7 Å². The lowest BCUT2D eigenvalue weighted by atomic mass is 9.91. The zero-order valence-electron chi connectivity index (χ0n) is 25.5. The van der Waals surface area contributed by atoms with Gasteiger partial charge in [0.25, 0.3) is 0 Å². The second-order valence-corrected chi connectivity index (χ2v) is 12.1. The number of rotatable bonds is 14. The lowest BCUT2D eigenvalue weighted by molar-refractivity contribution is -0.151. The summed E-state index contributed by atoms with van der Waals surface area (Å²) in [6.07, 6.45) is 4.03. The van der Waals surface area contributed by atoms with Crippen molar-refractivity contribution in [1.29, 1.82) is 0 Å². The van der Waals surface area contributed by atoms with E-state index in [0.29, 0.717) is 53.4 Å². The number of carbonyl (C=O) groups is 1. The Morgan fingerprint density at radius 2 is 1.61 bits per heavy atom. The third-order valence-corrected chi connectivity index (χ3v) is 8.73. The van der Waals surface area contributed by atoms with Crippen LogP contribution < -0.4 is 23.7 Å². The van der Waals surface area contributed by atoms with Gasteiger partial charge in [0.15, 0.2) is 23.0 Å². The summed E-state index contributed by atoms with van der Waals surface area (Å²) in [6, 6.07) is 16.1. The first kappa shape index (κ1) is 33.5. The van der Waals surface area contributed by atoms with E-state index >= 15 is 0 Å². The molecule has 0 saturated carbocycles. The molecule has 1 heterocycles. The normalized spacial score (nSPS) is 16.2. The quantitative estimate of drug-likeness (QED) is 0.0817. The van der Waals surface area contributed by atoms with Gasteiger partial charge in [-0.05, 0) is 66.4 Å². The molecule has 9 nitrogen and oxygen atoms in total. The van der Waals surface area contributed by atoms with Gasteiger partial charge in [-0.3, -0.25) is 10.0 Å². The third kappa shape index (κ3) is 8.41. The summed E-state index contributed by atoms with van der Waals surface area (Å²) in [5, 5.41) is 10.4. The highest BCUT2D eigenvalue weighted by Gasteiger charge is 2.31. The zero-order valence-corrected chi connectivity index (χ0v) is 27.9. The predicted octanol–water partition coefficient (Wildman–Crippen LogP) is 7.19. The molecule has 236 valence electrons. The Hall–Kier alpha value is -3.38. The van der Waals surface area contributed by atoms with Gasteiger partial charge in [0.1, 0.15) is 0 Å². The molecule has 0 bridgehead atoms. The largest absolute Gasteiger partial charge is 0.493 e. The van der Waals surface area contributed by atoms with E-state index in [-0.39, 0.29) is 12.0 Å². The van der Waals surface area contributed by atoms with E-state index in [9.17, 15) is 10.0 Å². The summed E-state index contributed by atoms with van der Waals surface area (Å²) < 4.78 is 36.0. The van der Waals surface area contributed by atoms with Gasteiger partial charge in [0.2, 0.25) is 11.7 Å². The van der Waals surface area contributed by atoms with Crippen LogP contribution in [0, 0.1) is 0 Å². The minimum atomic E-state index is -0.477. The molecule has 0 aromatic heterocycles. The summed E-state index contributed by atoms with van der Waals surface area (Å²) in [5.41, 5.74) is 2.86. The van der Waals surface area contributed by atoms with Gasteiger partial charge < -0.3 is 28.4 Å². The van der Waals surface area contributed by atoms with Crippen LogP contribution in [0.15, 0.2) is 70.2 Å². The van der Waals surface area contributed by atoms with E-state index in [1.165, 1.54) is 13.1 Å². The fourth-order valence-electron chi connectivity index (χ4n) is 4.98. The second-order valence-electron chi connectivity index (χ2n) is 10.0. The maximum absolute atomic E-state index is 11.5. The lowest BCUT2D eigenvalue weighted by Gasteiger charge is -2.19. The monoisotopic (exact) mass is 687 g/mol. The molecule has 11 heteroatoms. The van der Waals surface area contributed by atoms with Crippen molar-refractivity contribution in [2.24, 2.45) is 0 Å². The Labute approximate surface area is 271 Å². The van der Waals surface area contributed by atoms with Gasteiger partial charge in [-0.1, -0.05) is 28.1 Å². The first-order chi connectivity index (χ1) is 21.3. The first-order valence-electron chi connectivity index (χ1n) is 14.1. The number of hydroxylamine groups is 2. The molecule has 4 rings (SSSR count). The molecule has 3 aromatic rings. The lowest BCUT2D eigenvalue weighted by Crippen LogP contribution is -2.17. The smallest absolute Gasteiger partial charge is 0.246 e. The molecule has 0 aliphatic carbocycles. The number of thioether (sulfide) groups is 1. The molecule has 0 spiro atoms. The number of hydrogen-bond acceptors (Lipinski definition) is 9. The topological polar surface area (TPSA) is 95.9 Å². The van der Waals surface area contributed by atoms with Crippen molar-refractivity contribution in [3.05, 3.63) is 82.0 Å². The molecule has 3 aromatic carbocycles. The number of benzene rings is 3. The Morgan fingerprint density at radius 3 is 2.23 bits per heavy atom. The minimum absolute atomic E-state index is 0.0873. The van der Waals surface area contributed by atoms with Crippen molar-refractivity contribution in [3.8, 4) is 28.7 Å². The highest BCUT2D eigenvalue weighted by atomic mass is 79.9. The summed E-state index contributed by atoms with van der Waals surface area (Å²) in [6.45, 7) is 2.26. The number of allylic oxidation sites excluding steroid dienone is 1. The van der Waals surface area contributed by atoms with E-state index in [0.717, 1.165) is 38.2 Å². The van der Waals surface area contributed by atoms with Gasteiger partial charge in [0.05, 0.1) is 47.8 Å². The Balaban J connectivity index is 1.56. The highest BCUT2D eigenvalue weighted by Crippen LogP contribution is 2.46. The molecule has 1 fully saturated rings. The summed E-state index contributed by atoms with van der Waals surface area (Å²) in [4.78, 5) is 12.6. The number of hydrogen-bond donors (Lipinski definition) is 1. The fourth-order valence-corrected chi connectivity index (χ4v) is 5.98.